The zero-order valence-electron chi connectivity index (χ0n) is 11.2. The molecule has 2 unspecified atom stereocenters. The van der Waals surface area contributed by atoms with Crippen LogP contribution in [-0.4, -0.2) is 29.8 Å². The van der Waals surface area contributed by atoms with Gasteiger partial charge in [-0.2, -0.15) is 0 Å². The molecule has 3 heteroatoms. The third-order valence-corrected chi connectivity index (χ3v) is 4.31. The Bertz CT molecular complexity index is 212. The first-order chi connectivity index (χ1) is 7.44. The molecule has 1 aliphatic rings. The second-order valence-electron chi connectivity index (χ2n) is 5.99. The van der Waals surface area contributed by atoms with Gasteiger partial charge in [-0.1, -0.05) is 20.8 Å². The van der Waals surface area contributed by atoms with Crippen molar-refractivity contribution < 1.29 is 5.11 Å². The number of nitrogens with one attached hydrogen (secondary N) is 1. The summed E-state index contributed by atoms with van der Waals surface area (Å²) < 4.78 is 0. The van der Waals surface area contributed by atoms with Crippen molar-refractivity contribution in [2.75, 3.05) is 13.2 Å². The van der Waals surface area contributed by atoms with Gasteiger partial charge in [-0.25, -0.2) is 0 Å². The van der Waals surface area contributed by atoms with Crippen molar-refractivity contribution >= 4 is 0 Å². The van der Waals surface area contributed by atoms with Crippen LogP contribution in [0.25, 0.3) is 0 Å². The average molecular weight is 228 g/mol. The summed E-state index contributed by atoms with van der Waals surface area (Å²) in [5.74, 6) is 1.86. The van der Waals surface area contributed by atoms with Crippen molar-refractivity contribution in [2.24, 2.45) is 23.5 Å². The number of aliphatic hydroxyl groups excluding tert-OH is 1. The van der Waals surface area contributed by atoms with Gasteiger partial charge in [-0.3, -0.25) is 0 Å². The number of rotatable bonds is 6. The molecule has 0 spiro atoms. The standard InChI is InChI=1S/C13H28N2O/c1-9(2)12-5-13(6-12,8-14)15-11(4)10(3)7-16/h9-12,15-16H,5-8,14H2,1-4H3. The van der Waals surface area contributed by atoms with E-state index in [1.807, 2.05) is 0 Å². The van der Waals surface area contributed by atoms with Crippen LogP contribution in [0, 0.1) is 17.8 Å². The van der Waals surface area contributed by atoms with Gasteiger partial charge in [0.2, 0.25) is 0 Å². The molecule has 3 nitrogen and oxygen atoms in total. The molecule has 0 aliphatic heterocycles. The third-order valence-electron chi connectivity index (χ3n) is 4.31. The van der Waals surface area contributed by atoms with Crippen molar-refractivity contribution in [1.82, 2.24) is 5.32 Å². The highest BCUT2D eigenvalue weighted by molar-refractivity contribution is 5.03. The number of nitrogens with two attached hydrogens (primary N) is 1. The molecule has 0 heterocycles. The third kappa shape index (κ3) is 2.96. The summed E-state index contributed by atoms with van der Waals surface area (Å²) in [4.78, 5) is 0. The number of hydrogen-bond acceptors (Lipinski definition) is 3. The number of aliphatic hydroxyl groups is 1. The van der Waals surface area contributed by atoms with Gasteiger partial charge in [-0.15, -0.1) is 0 Å². The summed E-state index contributed by atoms with van der Waals surface area (Å²) in [7, 11) is 0. The van der Waals surface area contributed by atoms with E-state index in [9.17, 15) is 0 Å². The van der Waals surface area contributed by atoms with Crippen LogP contribution in [0.15, 0.2) is 0 Å². The van der Waals surface area contributed by atoms with Gasteiger partial charge < -0.3 is 16.2 Å². The molecule has 0 amide bonds. The molecule has 1 rings (SSSR count). The van der Waals surface area contributed by atoms with E-state index in [1.54, 1.807) is 0 Å². The van der Waals surface area contributed by atoms with Crippen LogP contribution >= 0.6 is 0 Å². The van der Waals surface area contributed by atoms with E-state index >= 15 is 0 Å². The van der Waals surface area contributed by atoms with Crippen molar-refractivity contribution in [1.29, 1.82) is 0 Å². The smallest absolute Gasteiger partial charge is 0.0471 e. The highest BCUT2D eigenvalue weighted by atomic mass is 16.3. The van der Waals surface area contributed by atoms with Crippen molar-refractivity contribution in [3.05, 3.63) is 0 Å². The van der Waals surface area contributed by atoms with E-state index in [2.05, 4.69) is 33.0 Å². The Hall–Kier alpha value is -0.120. The van der Waals surface area contributed by atoms with Crippen molar-refractivity contribution in [3.8, 4) is 0 Å². The van der Waals surface area contributed by atoms with Gasteiger partial charge in [0.05, 0.1) is 0 Å². The molecule has 0 bridgehead atoms. The molecule has 4 N–H and O–H groups in total. The van der Waals surface area contributed by atoms with Gasteiger partial charge in [-0.05, 0) is 37.5 Å². The van der Waals surface area contributed by atoms with Crippen LogP contribution in [-0.2, 0) is 0 Å². The van der Waals surface area contributed by atoms with E-state index in [4.69, 9.17) is 10.8 Å². The van der Waals surface area contributed by atoms with Gasteiger partial charge in [0.1, 0.15) is 0 Å². The second kappa shape index (κ2) is 5.48. The molecule has 0 aromatic heterocycles. The summed E-state index contributed by atoms with van der Waals surface area (Å²) in [5, 5.41) is 12.8. The monoisotopic (exact) mass is 228 g/mol. The maximum Gasteiger partial charge on any atom is 0.0471 e. The fraction of sp³-hybridized carbons (Fsp3) is 1.00. The normalized spacial score (nSPS) is 33.6. The van der Waals surface area contributed by atoms with Crippen LogP contribution in [0.3, 0.4) is 0 Å². The van der Waals surface area contributed by atoms with Crippen molar-refractivity contribution in [3.63, 3.8) is 0 Å². The lowest BCUT2D eigenvalue weighted by Gasteiger charge is -2.51. The van der Waals surface area contributed by atoms with Crippen LogP contribution in [0.1, 0.15) is 40.5 Å². The molecular formula is C13H28N2O. The first kappa shape index (κ1) is 13.9. The molecule has 0 saturated heterocycles. The predicted octanol–water partition coefficient (Wildman–Crippen LogP) is 1.36. The fourth-order valence-corrected chi connectivity index (χ4v) is 2.54. The SMILES string of the molecule is CC(C)C1CC(CN)(NC(C)C(C)CO)C1. The quantitative estimate of drug-likeness (QED) is 0.643. The maximum atomic E-state index is 9.13. The molecule has 1 saturated carbocycles. The lowest BCUT2D eigenvalue weighted by molar-refractivity contribution is 0.0550. The minimum absolute atomic E-state index is 0.137. The summed E-state index contributed by atoms with van der Waals surface area (Å²) >= 11 is 0. The summed E-state index contributed by atoms with van der Waals surface area (Å²) in [6.07, 6.45) is 2.37. The number of hydrogen-bond donors (Lipinski definition) is 3. The van der Waals surface area contributed by atoms with Crippen molar-refractivity contribution in [2.45, 2.75) is 52.1 Å². The Kier molecular flexibility index (Phi) is 4.77. The van der Waals surface area contributed by atoms with Crippen LogP contribution in [0.4, 0.5) is 0 Å². The zero-order valence-corrected chi connectivity index (χ0v) is 11.2. The Labute approximate surface area is 99.8 Å². The van der Waals surface area contributed by atoms with Crippen LogP contribution < -0.4 is 11.1 Å². The van der Waals surface area contributed by atoms with Gasteiger partial charge in [0.25, 0.3) is 0 Å². The Morgan fingerprint density at radius 1 is 1.31 bits per heavy atom. The van der Waals surface area contributed by atoms with E-state index in [0.717, 1.165) is 11.8 Å². The average Bonchev–Trinajstić information content (AvgIpc) is 2.20. The lowest BCUT2D eigenvalue weighted by Crippen LogP contribution is -2.64. The maximum absolute atomic E-state index is 9.13. The van der Waals surface area contributed by atoms with E-state index < -0.39 is 0 Å². The Morgan fingerprint density at radius 2 is 1.88 bits per heavy atom. The molecule has 1 aliphatic carbocycles. The lowest BCUT2D eigenvalue weighted by atomic mass is 9.63. The molecule has 16 heavy (non-hydrogen) atoms. The molecule has 1 fully saturated rings. The summed E-state index contributed by atoms with van der Waals surface area (Å²) in [6, 6.07) is 0.335. The summed E-state index contributed by atoms with van der Waals surface area (Å²) in [6.45, 7) is 9.72. The minimum Gasteiger partial charge on any atom is -0.396 e. The fourth-order valence-electron chi connectivity index (χ4n) is 2.54. The molecule has 0 aromatic rings. The first-order valence-electron chi connectivity index (χ1n) is 6.52. The van der Waals surface area contributed by atoms with E-state index in [1.165, 1.54) is 12.8 Å². The predicted molar refractivity (Wildman–Crippen MR) is 68.2 cm³/mol. The first-order valence-corrected chi connectivity index (χ1v) is 6.52. The molecular weight excluding hydrogens is 200 g/mol. The summed E-state index contributed by atoms with van der Waals surface area (Å²) in [5.41, 5.74) is 6.03. The minimum atomic E-state index is 0.137. The van der Waals surface area contributed by atoms with Crippen LogP contribution in [0.2, 0.25) is 0 Å². The van der Waals surface area contributed by atoms with E-state index in [0.29, 0.717) is 18.5 Å². The van der Waals surface area contributed by atoms with Gasteiger partial charge >= 0.3 is 0 Å². The highest BCUT2D eigenvalue weighted by Gasteiger charge is 2.44. The van der Waals surface area contributed by atoms with Gasteiger partial charge in [0, 0.05) is 24.7 Å². The zero-order chi connectivity index (χ0) is 12.3. The largest absolute Gasteiger partial charge is 0.396 e. The molecule has 0 aromatic carbocycles. The topological polar surface area (TPSA) is 58.3 Å². The Balaban J connectivity index is 2.45. The second-order valence-corrected chi connectivity index (χ2v) is 5.99. The Morgan fingerprint density at radius 3 is 2.25 bits per heavy atom. The highest BCUT2D eigenvalue weighted by Crippen LogP contribution is 2.42. The molecule has 2 atom stereocenters. The van der Waals surface area contributed by atoms with E-state index in [-0.39, 0.29) is 12.1 Å². The van der Waals surface area contributed by atoms with Crippen LogP contribution in [0.5, 0.6) is 0 Å². The molecule has 96 valence electrons. The van der Waals surface area contributed by atoms with Gasteiger partial charge in [0.15, 0.2) is 0 Å². The molecule has 0 radical (unpaired) electrons.